The van der Waals surface area contributed by atoms with Gasteiger partial charge in [0.2, 0.25) is 0 Å². The fourth-order valence-corrected chi connectivity index (χ4v) is 2.12. The van der Waals surface area contributed by atoms with Crippen LogP contribution >= 0.6 is 0 Å². The fourth-order valence-electron chi connectivity index (χ4n) is 2.12. The van der Waals surface area contributed by atoms with Crippen molar-refractivity contribution in [3.05, 3.63) is 58.1 Å². The van der Waals surface area contributed by atoms with Crippen LogP contribution in [0.3, 0.4) is 0 Å². The van der Waals surface area contributed by atoms with Gasteiger partial charge in [0.1, 0.15) is 5.75 Å². The van der Waals surface area contributed by atoms with Crippen molar-refractivity contribution in [1.82, 2.24) is 0 Å². The molecule has 2 rings (SSSR count). The van der Waals surface area contributed by atoms with Crippen LogP contribution < -0.4 is 4.74 Å². The number of halogens is 3. The molecule has 0 aliphatic carbocycles. The molecule has 0 saturated carbocycles. The number of rotatable bonds is 5. The molecule has 0 atom stereocenters. The third-order valence-corrected chi connectivity index (χ3v) is 3.06. The maximum atomic E-state index is 12.5. The van der Waals surface area contributed by atoms with Crippen LogP contribution in [0.2, 0.25) is 0 Å². The average Bonchev–Trinajstić information content (AvgIpc) is 2.53. The number of non-ortho nitro benzene ring substituents is 1. The summed E-state index contributed by atoms with van der Waals surface area (Å²) in [6.07, 6.45) is -4.93. The van der Waals surface area contributed by atoms with E-state index in [4.69, 9.17) is 4.74 Å². The quantitative estimate of drug-likeness (QED) is 0.453. The lowest BCUT2D eigenvalue weighted by Crippen LogP contribution is -2.17. The molecule has 25 heavy (non-hydrogen) atoms. The van der Waals surface area contributed by atoms with Gasteiger partial charge in [0.05, 0.1) is 17.1 Å². The van der Waals surface area contributed by atoms with Gasteiger partial charge in [-0.2, -0.15) is 0 Å². The Morgan fingerprint density at radius 3 is 2.48 bits per heavy atom. The van der Waals surface area contributed by atoms with Crippen LogP contribution in [0.5, 0.6) is 5.75 Å². The summed E-state index contributed by atoms with van der Waals surface area (Å²) in [7, 11) is 0. The predicted octanol–water partition coefficient (Wildman–Crippen LogP) is 4.34. The summed E-state index contributed by atoms with van der Waals surface area (Å²) in [5, 5.41) is 11.1. The zero-order chi connectivity index (χ0) is 18.6. The van der Waals surface area contributed by atoms with Crippen molar-refractivity contribution >= 4 is 11.7 Å². The molecule has 0 aromatic heterocycles. The van der Waals surface area contributed by atoms with E-state index in [2.05, 4.69) is 4.74 Å². The molecule has 9 heteroatoms. The summed E-state index contributed by atoms with van der Waals surface area (Å²) in [5.74, 6) is -1.35. The van der Waals surface area contributed by atoms with Crippen LogP contribution in [0.25, 0.3) is 11.1 Å². The second-order valence-corrected chi connectivity index (χ2v) is 4.79. The minimum Gasteiger partial charge on any atom is -0.462 e. The van der Waals surface area contributed by atoms with Gasteiger partial charge in [-0.05, 0) is 24.6 Å². The number of carbonyl (C=O) groups is 1. The van der Waals surface area contributed by atoms with Gasteiger partial charge in [0, 0.05) is 17.7 Å². The lowest BCUT2D eigenvalue weighted by molar-refractivity contribution is -0.384. The minimum absolute atomic E-state index is 0.0251. The summed E-state index contributed by atoms with van der Waals surface area (Å²) in [4.78, 5) is 22.2. The smallest absolute Gasteiger partial charge is 0.462 e. The Hall–Kier alpha value is -3.10. The molecule has 0 aliphatic heterocycles. The third-order valence-electron chi connectivity index (χ3n) is 3.06. The topological polar surface area (TPSA) is 78.7 Å². The highest BCUT2D eigenvalue weighted by Crippen LogP contribution is 2.35. The normalized spacial score (nSPS) is 11.0. The molecule has 0 aliphatic rings. The molecule has 0 unspecified atom stereocenters. The SMILES string of the molecule is CCOC(=O)c1cc(-c2ccccc2OC(F)(F)F)cc([N+](=O)[O-])c1. The van der Waals surface area contributed by atoms with Gasteiger partial charge in [-0.3, -0.25) is 10.1 Å². The van der Waals surface area contributed by atoms with E-state index in [1.807, 2.05) is 0 Å². The van der Waals surface area contributed by atoms with Crippen LogP contribution in [0.4, 0.5) is 18.9 Å². The van der Waals surface area contributed by atoms with Crippen molar-refractivity contribution in [1.29, 1.82) is 0 Å². The first-order valence-electron chi connectivity index (χ1n) is 7.03. The van der Waals surface area contributed by atoms with Gasteiger partial charge in [-0.25, -0.2) is 4.79 Å². The van der Waals surface area contributed by atoms with E-state index in [1.54, 1.807) is 6.92 Å². The molecule has 0 N–H and O–H groups in total. The van der Waals surface area contributed by atoms with Crippen molar-refractivity contribution in [3.63, 3.8) is 0 Å². The van der Waals surface area contributed by atoms with Crippen LogP contribution in [-0.2, 0) is 4.74 Å². The van der Waals surface area contributed by atoms with E-state index in [0.717, 1.165) is 18.2 Å². The summed E-state index contributed by atoms with van der Waals surface area (Å²) >= 11 is 0. The number of esters is 1. The molecule has 2 aromatic carbocycles. The molecular formula is C16H12F3NO5. The van der Waals surface area contributed by atoms with Crippen LogP contribution in [0.1, 0.15) is 17.3 Å². The Labute approximate surface area is 139 Å². The Balaban J connectivity index is 2.59. The lowest BCUT2D eigenvalue weighted by Gasteiger charge is -2.13. The first-order valence-corrected chi connectivity index (χ1v) is 7.03. The first kappa shape index (κ1) is 18.2. The van der Waals surface area contributed by atoms with E-state index in [0.29, 0.717) is 0 Å². The number of carbonyl (C=O) groups excluding carboxylic acids is 1. The predicted molar refractivity (Wildman–Crippen MR) is 81.2 cm³/mol. The Morgan fingerprint density at radius 2 is 1.88 bits per heavy atom. The number of hydrogen-bond acceptors (Lipinski definition) is 5. The van der Waals surface area contributed by atoms with Crippen LogP contribution in [0.15, 0.2) is 42.5 Å². The number of benzene rings is 2. The second-order valence-electron chi connectivity index (χ2n) is 4.79. The highest BCUT2D eigenvalue weighted by atomic mass is 19.4. The highest BCUT2D eigenvalue weighted by molar-refractivity contribution is 5.92. The Kier molecular flexibility index (Phi) is 5.26. The molecule has 0 fully saturated rings. The van der Waals surface area contributed by atoms with Gasteiger partial charge in [-0.15, -0.1) is 13.2 Å². The standard InChI is InChI=1S/C16H12F3NO5/c1-2-24-15(21)11-7-10(8-12(9-11)20(22)23)13-5-3-4-6-14(13)25-16(17,18)19/h3-9H,2H2,1H3. The first-order chi connectivity index (χ1) is 11.7. The largest absolute Gasteiger partial charge is 0.573 e. The van der Waals surface area contributed by atoms with E-state index in [-0.39, 0.29) is 23.3 Å². The molecule has 0 radical (unpaired) electrons. The van der Waals surface area contributed by atoms with E-state index < -0.39 is 28.7 Å². The maximum Gasteiger partial charge on any atom is 0.573 e. The monoisotopic (exact) mass is 355 g/mol. The number of hydrogen-bond donors (Lipinski definition) is 0. The van der Waals surface area contributed by atoms with Gasteiger partial charge in [-0.1, -0.05) is 18.2 Å². The summed E-state index contributed by atoms with van der Waals surface area (Å²) in [5.41, 5.74) is -0.624. The van der Waals surface area contributed by atoms with Gasteiger partial charge < -0.3 is 9.47 Å². The highest BCUT2D eigenvalue weighted by Gasteiger charge is 2.32. The zero-order valence-electron chi connectivity index (χ0n) is 12.9. The van der Waals surface area contributed by atoms with Crippen molar-refractivity contribution in [2.75, 3.05) is 6.61 Å². The fraction of sp³-hybridized carbons (Fsp3) is 0.188. The van der Waals surface area contributed by atoms with Gasteiger partial charge in [0.15, 0.2) is 0 Å². The molecule has 0 spiro atoms. The van der Waals surface area contributed by atoms with Crippen molar-refractivity contribution in [2.45, 2.75) is 13.3 Å². The van der Waals surface area contributed by atoms with Gasteiger partial charge >= 0.3 is 12.3 Å². The van der Waals surface area contributed by atoms with Crippen LogP contribution in [-0.4, -0.2) is 23.9 Å². The summed E-state index contributed by atoms with van der Waals surface area (Å²) in [6.45, 7) is 1.60. The minimum atomic E-state index is -4.93. The number of nitro benzene ring substituents is 1. The van der Waals surface area contributed by atoms with Gasteiger partial charge in [0.25, 0.3) is 5.69 Å². The maximum absolute atomic E-state index is 12.5. The van der Waals surface area contributed by atoms with Crippen molar-refractivity contribution in [2.24, 2.45) is 0 Å². The Morgan fingerprint density at radius 1 is 1.20 bits per heavy atom. The lowest BCUT2D eigenvalue weighted by atomic mass is 10.0. The number of nitro groups is 1. The van der Waals surface area contributed by atoms with Crippen LogP contribution in [0, 0.1) is 10.1 Å². The number of alkyl halides is 3. The molecule has 6 nitrogen and oxygen atoms in total. The molecule has 0 amide bonds. The van der Waals surface area contributed by atoms with E-state index >= 15 is 0 Å². The van der Waals surface area contributed by atoms with Crippen molar-refractivity contribution in [3.8, 4) is 16.9 Å². The molecule has 2 aromatic rings. The second kappa shape index (κ2) is 7.20. The molecule has 0 heterocycles. The number of ether oxygens (including phenoxy) is 2. The number of para-hydroxylation sites is 1. The molecule has 132 valence electrons. The molecular weight excluding hydrogens is 343 g/mol. The summed E-state index contributed by atoms with van der Waals surface area (Å²) in [6, 6.07) is 8.41. The number of nitrogens with zero attached hydrogens (tertiary/aromatic N) is 1. The van der Waals surface area contributed by atoms with E-state index in [9.17, 15) is 28.1 Å². The Bertz CT molecular complexity index is 805. The molecule has 0 saturated heterocycles. The van der Waals surface area contributed by atoms with Crippen molar-refractivity contribution < 1.29 is 32.4 Å². The average molecular weight is 355 g/mol. The zero-order valence-corrected chi connectivity index (χ0v) is 12.9. The molecule has 0 bridgehead atoms. The third kappa shape index (κ3) is 4.69. The van der Waals surface area contributed by atoms with E-state index in [1.165, 1.54) is 24.3 Å². The summed E-state index contributed by atoms with van der Waals surface area (Å²) < 4.78 is 46.4.